The Labute approximate surface area is 158 Å². The van der Waals surface area contributed by atoms with E-state index >= 15 is 0 Å². The lowest BCUT2D eigenvalue weighted by Gasteiger charge is -2.19. The number of hydrogen-bond donors (Lipinski definition) is 1. The molecule has 1 aliphatic heterocycles. The van der Waals surface area contributed by atoms with Crippen LogP contribution in [-0.2, 0) is 0 Å². The molecule has 2 aromatic carbocycles. The zero-order chi connectivity index (χ0) is 17.4. The van der Waals surface area contributed by atoms with E-state index in [0.29, 0.717) is 15.9 Å². The molecule has 0 fully saturated rings. The molecule has 3 aromatic rings. The van der Waals surface area contributed by atoms with Gasteiger partial charge in [0.25, 0.3) is 0 Å². The molecule has 2 heterocycles. The van der Waals surface area contributed by atoms with E-state index in [2.05, 4.69) is 15.6 Å². The first-order chi connectivity index (χ1) is 12.2. The lowest BCUT2D eigenvalue weighted by atomic mass is 10.1. The van der Waals surface area contributed by atoms with Crippen LogP contribution >= 0.6 is 35.0 Å². The van der Waals surface area contributed by atoms with Crippen LogP contribution in [0, 0.1) is 0 Å². The molecule has 0 atom stereocenters. The molecule has 0 saturated carbocycles. The Morgan fingerprint density at radius 1 is 1.12 bits per heavy atom. The van der Waals surface area contributed by atoms with Crippen molar-refractivity contribution in [2.45, 2.75) is 5.16 Å². The number of fused-ring (bicyclic) bond motifs is 1. The van der Waals surface area contributed by atoms with Crippen LogP contribution in [0.1, 0.15) is 5.56 Å². The molecule has 126 valence electrons. The standard InChI is InChI=1S/C17H12Cl2N4OS/c1-24-12-4-2-3-10(7-12)15-9-25-17-21-20-16(23(17)22-15)13-6-5-11(18)8-14(13)19/h2-9,22H,1H3. The Morgan fingerprint density at radius 2 is 2.00 bits per heavy atom. The highest BCUT2D eigenvalue weighted by Crippen LogP contribution is 2.35. The van der Waals surface area contributed by atoms with Gasteiger partial charge in [0, 0.05) is 21.6 Å². The molecule has 0 spiro atoms. The number of rotatable bonds is 3. The molecule has 25 heavy (non-hydrogen) atoms. The molecule has 0 bridgehead atoms. The van der Waals surface area contributed by atoms with Gasteiger partial charge in [-0.05, 0) is 30.3 Å². The Balaban J connectivity index is 1.72. The summed E-state index contributed by atoms with van der Waals surface area (Å²) in [6, 6.07) is 13.1. The lowest BCUT2D eigenvalue weighted by molar-refractivity contribution is 0.414. The van der Waals surface area contributed by atoms with E-state index in [1.54, 1.807) is 19.2 Å². The van der Waals surface area contributed by atoms with Crippen LogP contribution in [0.3, 0.4) is 0 Å². The van der Waals surface area contributed by atoms with Crippen LogP contribution in [0.5, 0.6) is 5.75 Å². The monoisotopic (exact) mass is 390 g/mol. The van der Waals surface area contributed by atoms with Crippen LogP contribution in [0.25, 0.3) is 17.1 Å². The summed E-state index contributed by atoms with van der Waals surface area (Å²) in [5, 5.41) is 12.3. The van der Waals surface area contributed by atoms with Crippen molar-refractivity contribution in [2.24, 2.45) is 0 Å². The van der Waals surface area contributed by atoms with Gasteiger partial charge in [-0.3, -0.25) is 5.43 Å². The highest BCUT2D eigenvalue weighted by molar-refractivity contribution is 8.02. The summed E-state index contributed by atoms with van der Waals surface area (Å²) in [4.78, 5) is 0. The number of thioether (sulfide) groups is 1. The second-order valence-corrected chi connectivity index (χ2v) is 6.94. The van der Waals surface area contributed by atoms with Crippen LogP contribution in [0.15, 0.2) is 53.0 Å². The number of methoxy groups -OCH3 is 1. The summed E-state index contributed by atoms with van der Waals surface area (Å²) in [6.07, 6.45) is 0. The molecule has 0 amide bonds. The zero-order valence-electron chi connectivity index (χ0n) is 13.0. The van der Waals surface area contributed by atoms with Crippen LogP contribution in [0.2, 0.25) is 10.0 Å². The van der Waals surface area contributed by atoms with Gasteiger partial charge in [-0.1, -0.05) is 47.1 Å². The first kappa shape index (κ1) is 16.3. The van der Waals surface area contributed by atoms with Gasteiger partial charge in [0.2, 0.25) is 5.16 Å². The maximum absolute atomic E-state index is 6.33. The maximum Gasteiger partial charge on any atom is 0.214 e. The smallest absolute Gasteiger partial charge is 0.214 e. The largest absolute Gasteiger partial charge is 0.497 e. The van der Waals surface area contributed by atoms with Gasteiger partial charge in [0.05, 0.1) is 17.8 Å². The molecule has 4 rings (SSSR count). The second-order valence-electron chi connectivity index (χ2n) is 5.26. The molecule has 1 aliphatic rings. The molecule has 1 N–H and O–H groups in total. The number of nitrogens with zero attached hydrogens (tertiary/aromatic N) is 3. The fourth-order valence-corrected chi connectivity index (χ4v) is 3.70. The van der Waals surface area contributed by atoms with Crippen molar-refractivity contribution in [3.8, 4) is 17.1 Å². The summed E-state index contributed by atoms with van der Waals surface area (Å²) < 4.78 is 7.11. The predicted molar refractivity (Wildman–Crippen MR) is 102 cm³/mol. The average Bonchev–Trinajstić information content (AvgIpc) is 3.05. The first-order valence-corrected chi connectivity index (χ1v) is 8.98. The predicted octanol–water partition coefficient (Wildman–Crippen LogP) is 4.91. The van der Waals surface area contributed by atoms with Gasteiger partial charge in [0.1, 0.15) is 5.75 Å². The lowest BCUT2D eigenvalue weighted by Crippen LogP contribution is -2.18. The SMILES string of the molecule is COc1cccc(C2=CSc3nnc(-c4ccc(Cl)cc4Cl)n3N2)c1. The van der Waals surface area contributed by atoms with E-state index in [-0.39, 0.29) is 0 Å². The minimum atomic E-state index is 0.520. The quantitative estimate of drug-likeness (QED) is 0.688. The van der Waals surface area contributed by atoms with Gasteiger partial charge in [0.15, 0.2) is 5.82 Å². The van der Waals surface area contributed by atoms with Gasteiger partial charge < -0.3 is 4.74 Å². The maximum atomic E-state index is 6.33. The third kappa shape index (κ3) is 3.08. The van der Waals surface area contributed by atoms with Crippen molar-refractivity contribution in [3.05, 3.63) is 63.5 Å². The van der Waals surface area contributed by atoms with Crippen LogP contribution in [0.4, 0.5) is 0 Å². The topological polar surface area (TPSA) is 52.0 Å². The summed E-state index contributed by atoms with van der Waals surface area (Å²) >= 11 is 13.8. The highest BCUT2D eigenvalue weighted by atomic mass is 35.5. The number of benzene rings is 2. The van der Waals surface area contributed by atoms with Gasteiger partial charge in [-0.15, -0.1) is 10.2 Å². The van der Waals surface area contributed by atoms with Gasteiger partial charge in [-0.25, -0.2) is 4.68 Å². The summed E-state index contributed by atoms with van der Waals surface area (Å²) in [5.41, 5.74) is 6.01. The number of aromatic nitrogens is 3. The molecular formula is C17H12Cl2N4OS. The van der Waals surface area contributed by atoms with Crippen molar-refractivity contribution in [1.29, 1.82) is 0 Å². The molecule has 8 heteroatoms. The van der Waals surface area contributed by atoms with Crippen molar-refractivity contribution < 1.29 is 4.74 Å². The first-order valence-electron chi connectivity index (χ1n) is 7.35. The fourth-order valence-electron chi connectivity index (χ4n) is 2.47. The number of ether oxygens (including phenoxy) is 1. The molecule has 0 radical (unpaired) electrons. The van der Waals surface area contributed by atoms with Crippen LogP contribution in [-0.4, -0.2) is 22.0 Å². The highest BCUT2D eigenvalue weighted by Gasteiger charge is 2.21. The van der Waals surface area contributed by atoms with Crippen LogP contribution < -0.4 is 10.2 Å². The normalized spacial score (nSPS) is 13.0. The Bertz CT molecular complexity index is 987. The molecule has 5 nitrogen and oxygen atoms in total. The Morgan fingerprint density at radius 3 is 2.80 bits per heavy atom. The minimum absolute atomic E-state index is 0.520. The van der Waals surface area contributed by atoms with Gasteiger partial charge in [-0.2, -0.15) is 0 Å². The van der Waals surface area contributed by atoms with E-state index in [9.17, 15) is 0 Å². The van der Waals surface area contributed by atoms with Crippen molar-refractivity contribution in [1.82, 2.24) is 14.9 Å². The van der Waals surface area contributed by atoms with Crippen molar-refractivity contribution in [3.63, 3.8) is 0 Å². The molecule has 0 unspecified atom stereocenters. The Kier molecular flexibility index (Phi) is 4.33. The fraction of sp³-hybridized carbons (Fsp3) is 0.0588. The third-order valence-electron chi connectivity index (χ3n) is 3.70. The van der Waals surface area contributed by atoms with E-state index < -0.39 is 0 Å². The Hall–Kier alpha value is -2.15. The molecular weight excluding hydrogens is 379 g/mol. The van der Waals surface area contributed by atoms with E-state index in [0.717, 1.165) is 27.7 Å². The third-order valence-corrected chi connectivity index (χ3v) is 5.08. The number of nitrogens with one attached hydrogen (secondary N) is 1. The van der Waals surface area contributed by atoms with Crippen molar-refractivity contribution in [2.75, 3.05) is 12.5 Å². The summed E-state index contributed by atoms with van der Waals surface area (Å²) in [5.74, 6) is 1.42. The molecule has 0 aliphatic carbocycles. The van der Waals surface area contributed by atoms with E-state index in [1.807, 2.05) is 40.4 Å². The number of halogens is 2. The van der Waals surface area contributed by atoms with Crippen molar-refractivity contribution >= 4 is 40.7 Å². The summed E-state index contributed by atoms with van der Waals surface area (Å²) in [6.45, 7) is 0. The van der Waals surface area contributed by atoms with Gasteiger partial charge >= 0.3 is 0 Å². The molecule has 0 saturated heterocycles. The molecule has 1 aromatic heterocycles. The summed E-state index contributed by atoms with van der Waals surface area (Å²) in [7, 11) is 1.65. The minimum Gasteiger partial charge on any atom is -0.497 e. The van der Waals surface area contributed by atoms with E-state index in [1.165, 1.54) is 11.8 Å². The zero-order valence-corrected chi connectivity index (χ0v) is 15.4. The second kappa shape index (κ2) is 6.63. The average molecular weight is 391 g/mol. The number of hydrogen-bond acceptors (Lipinski definition) is 5. The van der Waals surface area contributed by atoms with E-state index in [4.69, 9.17) is 27.9 Å².